The van der Waals surface area contributed by atoms with E-state index in [0.29, 0.717) is 36.5 Å². The maximum atomic E-state index is 13.3. The first-order chi connectivity index (χ1) is 15.8. The first-order valence-electron chi connectivity index (χ1n) is 11.2. The van der Waals surface area contributed by atoms with Gasteiger partial charge in [-0.15, -0.1) is 0 Å². The Balaban J connectivity index is 1.76. The van der Waals surface area contributed by atoms with Crippen LogP contribution in [0.25, 0.3) is 0 Å². The third kappa shape index (κ3) is 5.93. The molecule has 1 aliphatic rings. The van der Waals surface area contributed by atoms with E-state index in [1.54, 1.807) is 41.3 Å². The van der Waals surface area contributed by atoms with Crippen LogP contribution in [0, 0.1) is 5.92 Å². The van der Waals surface area contributed by atoms with Gasteiger partial charge in [-0.2, -0.15) is 4.31 Å². The van der Waals surface area contributed by atoms with Crippen LogP contribution < -0.4 is 5.32 Å². The van der Waals surface area contributed by atoms with Crippen LogP contribution in [0.1, 0.15) is 37.0 Å². The predicted molar refractivity (Wildman–Crippen MR) is 129 cm³/mol. The summed E-state index contributed by atoms with van der Waals surface area (Å²) in [4.78, 5) is 28.0. The molecular weight excluding hydrogens is 462 g/mol. The normalized spacial score (nSPS) is 16.2. The Hall–Kier alpha value is -2.42. The summed E-state index contributed by atoms with van der Waals surface area (Å²) in [6, 6.07) is 14.2. The Labute approximate surface area is 200 Å². The number of carbonyl (C=O) groups is 2. The Kier molecular flexibility index (Phi) is 8.51. The molecule has 0 saturated carbocycles. The van der Waals surface area contributed by atoms with E-state index in [0.717, 1.165) is 0 Å². The molecule has 0 aliphatic carbocycles. The van der Waals surface area contributed by atoms with Crippen LogP contribution >= 0.6 is 11.6 Å². The zero-order valence-electron chi connectivity index (χ0n) is 18.9. The third-order valence-electron chi connectivity index (χ3n) is 6.09. The van der Waals surface area contributed by atoms with Crippen molar-refractivity contribution in [3.63, 3.8) is 0 Å². The molecule has 0 radical (unpaired) electrons. The molecule has 0 bridgehead atoms. The Morgan fingerprint density at radius 1 is 1.03 bits per heavy atom. The van der Waals surface area contributed by atoms with E-state index in [2.05, 4.69) is 5.32 Å². The van der Waals surface area contributed by atoms with Crippen LogP contribution in [0.2, 0.25) is 5.02 Å². The monoisotopic (exact) mass is 491 g/mol. The molecule has 33 heavy (non-hydrogen) atoms. The maximum absolute atomic E-state index is 13.3. The summed E-state index contributed by atoms with van der Waals surface area (Å²) in [7, 11) is -3.65. The average Bonchev–Trinajstić information content (AvgIpc) is 2.84. The molecule has 1 atom stereocenters. The second kappa shape index (κ2) is 11.1. The number of benzene rings is 2. The van der Waals surface area contributed by atoms with Gasteiger partial charge in [0.25, 0.3) is 5.91 Å². The highest BCUT2D eigenvalue weighted by atomic mass is 35.5. The summed E-state index contributed by atoms with van der Waals surface area (Å²) in [5.41, 5.74) is 0.484. The van der Waals surface area contributed by atoms with Crippen LogP contribution in [-0.2, 0) is 14.8 Å². The van der Waals surface area contributed by atoms with E-state index in [4.69, 9.17) is 11.6 Å². The van der Waals surface area contributed by atoms with Gasteiger partial charge in [-0.1, -0.05) is 29.8 Å². The smallest absolute Gasteiger partial charge is 0.251 e. The highest BCUT2D eigenvalue weighted by Crippen LogP contribution is 2.27. The van der Waals surface area contributed by atoms with Crippen molar-refractivity contribution in [2.24, 2.45) is 5.92 Å². The number of rotatable bonds is 8. The van der Waals surface area contributed by atoms with Gasteiger partial charge in [-0.05, 0) is 69.0 Å². The molecule has 9 heteroatoms. The quantitative estimate of drug-likeness (QED) is 0.613. The molecule has 2 aromatic carbocycles. The minimum Gasteiger partial charge on any atom is -0.341 e. The lowest BCUT2D eigenvalue weighted by atomic mass is 9.89. The molecule has 0 spiro atoms. The largest absolute Gasteiger partial charge is 0.341 e. The van der Waals surface area contributed by atoms with Gasteiger partial charge < -0.3 is 10.2 Å². The summed E-state index contributed by atoms with van der Waals surface area (Å²) in [5, 5.41) is 3.40. The fraction of sp³-hybridized carbons (Fsp3) is 0.417. The zero-order chi connectivity index (χ0) is 24.0. The summed E-state index contributed by atoms with van der Waals surface area (Å²) < 4.78 is 27.5. The molecular formula is C24H30ClN3O4S. The Bertz CT molecular complexity index is 1050. The first-order valence-corrected chi connectivity index (χ1v) is 13.0. The van der Waals surface area contributed by atoms with E-state index in [1.165, 1.54) is 16.4 Å². The van der Waals surface area contributed by atoms with Crippen molar-refractivity contribution >= 4 is 33.4 Å². The van der Waals surface area contributed by atoms with Crippen molar-refractivity contribution < 1.29 is 18.0 Å². The molecule has 1 heterocycles. The van der Waals surface area contributed by atoms with Gasteiger partial charge in [0.05, 0.1) is 4.90 Å². The number of hydrogen-bond donors (Lipinski definition) is 1. The number of nitrogens with one attached hydrogen (secondary N) is 1. The summed E-state index contributed by atoms with van der Waals surface area (Å²) in [6.07, 6.45) is 0.944. The second-order valence-electron chi connectivity index (χ2n) is 8.02. The van der Waals surface area contributed by atoms with Gasteiger partial charge in [0.15, 0.2) is 0 Å². The summed E-state index contributed by atoms with van der Waals surface area (Å²) in [5.74, 6) is -0.608. The average molecular weight is 492 g/mol. The van der Waals surface area contributed by atoms with E-state index in [-0.39, 0.29) is 35.7 Å². The van der Waals surface area contributed by atoms with Crippen LogP contribution in [0.5, 0.6) is 0 Å². The van der Waals surface area contributed by atoms with E-state index in [1.807, 2.05) is 19.9 Å². The van der Waals surface area contributed by atoms with Crippen LogP contribution in [0.3, 0.4) is 0 Å². The van der Waals surface area contributed by atoms with Crippen molar-refractivity contribution in [3.05, 3.63) is 65.2 Å². The number of likely N-dealkylation sites (N-methyl/N-ethyl adjacent to an activating group) is 1. The van der Waals surface area contributed by atoms with Crippen LogP contribution in [0.15, 0.2) is 59.5 Å². The number of piperidine rings is 1. The highest BCUT2D eigenvalue weighted by Gasteiger charge is 2.37. The molecule has 1 aliphatic heterocycles. The molecule has 0 aromatic heterocycles. The molecule has 1 fully saturated rings. The molecule has 7 nitrogen and oxygen atoms in total. The molecule has 2 aromatic rings. The van der Waals surface area contributed by atoms with Crippen molar-refractivity contribution in [2.75, 3.05) is 26.2 Å². The van der Waals surface area contributed by atoms with Gasteiger partial charge >= 0.3 is 0 Å². The van der Waals surface area contributed by atoms with Gasteiger partial charge in [-0.25, -0.2) is 8.42 Å². The van der Waals surface area contributed by atoms with Gasteiger partial charge in [0, 0.05) is 36.8 Å². The van der Waals surface area contributed by atoms with Crippen LogP contribution in [0.4, 0.5) is 0 Å². The van der Waals surface area contributed by atoms with E-state index in [9.17, 15) is 18.0 Å². The third-order valence-corrected chi connectivity index (χ3v) is 8.25. The lowest BCUT2D eigenvalue weighted by Crippen LogP contribution is -2.54. The minimum absolute atomic E-state index is 0.136. The number of hydrogen-bond acceptors (Lipinski definition) is 4. The molecule has 1 saturated heterocycles. The Morgan fingerprint density at radius 3 is 2.15 bits per heavy atom. The lowest BCUT2D eigenvalue weighted by Gasteiger charge is -2.37. The van der Waals surface area contributed by atoms with Gasteiger partial charge in [0.2, 0.25) is 15.9 Å². The number of sulfonamides is 1. The molecule has 2 amide bonds. The standard InChI is InChI=1S/C24H30ClN3O4S/c1-3-27(4-2)24(30)22(26-23(29)19-8-6-5-7-9-19)18-14-16-28(17-15-18)33(31,32)21-12-10-20(25)11-13-21/h5-13,18,22H,3-4,14-17H2,1-2H3,(H,26,29)/t22-/m1/s1. The second-order valence-corrected chi connectivity index (χ2v) is 10.4. The maximum Gasteiger partial charge on any atom is 0.251 e. The van der Waals surface area contributed by atoms with Crippen molar-refractivity contribution in [1.82, 2.24) is 14.5 Å². The molecule has 0 unspecified atom stereocenters. The zero-order valence-corrected chi connectivity index (χ0v) is 20.5. The fourth-order valence-electron chi connectivity index (χ4n) is 4.13. The number of halogens is 1. The molecule has 1 N–H and O–H groups in total. The lowest BCUT2D eigenvalue weighted by molar-refractivity contribution is -0.134. The van der Waals surface area contributed by atoms with Gasteiger partial charge in [-0.3, -0.25) is 9.59 Å². The first kappa shape index (κ1) is 25.2. The van der Waals surface area contributed by atoms with Crippen molar-refractivity contribution in [1.29, 1.82) is 0 Å². The minimum atomic E-state index is -3.65. The molecule has 178 valence electrons. The summed E-state index contributed by atoms with van der Waals surface area (Å²) in [6.45, 7) is 5.43. The van der Waals surface area contributed by atoms with Gasteiger partial charge in [0.1, 0.15) is 6.04 Å². The highest BCUT2D eigenvalue weighted by molar-refractivity contribution is 7.89. The fourth-order valence-corrected chi connectivity index (χ4v) is 5.73. The molecule has 3 rings (SSSR count). The number of carbonyl (C=O) groups excluding carboxylic acids is 2. The number of amides is 2. The summed E-state index contributed by atoms with van der Waals surface area (Å²) >= 11 is 5.89. The van der Waals surface area contributed by atoms with Crippen molar-refractivity contribution in [3.8, 4) is 0 Å². The van der Waals surface area contributed by atoms with E-state index < -0.39 is 16.1 Å². The van der Waals surface area contributed by atoms with Crippen LogP contribution in [-0.4, -0.2) is 61.7 Å². The van der Waals surface area contributed by atoms with E-state index >= 15 is 0 Å². The van der Waals surface area contributed by atoms with Crippen molar-refractivity contribution in [2.45, 2.75) is 37.6 Å². The SMILES string of the molecule is CCN(CC)C(=O)[C@H](NC(=O)c1ccccc1)C1CCN(S(=O)(=O)c2ccc(Cl)cc2)CC1. The predicted octanol–water partition coefficient (Wildman–Crippen LogP) is 3.41. The number of nitrogens with zero attached hydrogens (tertiary/aromatic N) is 2. The topological polar surface area (TPSA) is 86.8 Å². The Morgan fingerprint density at radius 2 is 1.61 bits per heavy atom.